The van der Waals surface area contributed by atoms with Gasteiger partial charge in [0.05, 0.1) is 39.9 Å². The Hall–Kier alpha value is -1.58. The first-order chi connectivity index (χ1) is 23.4. The van der Waals surface area contributed by atoms with E-state index in [9.17, 15) is 24.5 Å². The van der Waals surface area contributed by atoms with E-state index in [2.05, 4.69) is 67.8 Å². The molecule has 0 saturated carbocycles. The Kier molecular flexibility index (Phi) is 30.2. The van der Waals surface area contributed by atoms with Gasteiger partial charge in [-0.3, -0.25) is 13.8 Å². The second-order valence-electron chi connectivity index (χ2n) is 14.0. The van der Waals surface area contributed by atoms with Crippen LogP contribution >= 0.6 is 7.82 Å². The van der Waals surface area contributed by atoms with Gasteiger partial charge in [-0.15, -0.1) is 0 Å². The van der Waals surface area contributed by atoms with E-state index in [1.165, 1.54) is 44.9 Å². The maximum absolute atomic E-state index is 12.8. The van der Waals surface area contributed by atoms with E-state index in [1.54, 1.807) is 0 Å². The molecule has 9 nitrogen and oxygen atoms in total. The zero-order chi connectivity index (χ0) is 36.6. The Morgan fingerprint density at radius 1 is 0.735 bits per heavy atom. The van der Waals surface area contributed by atoms with Crippen molar-refractivity contribution in [2.45, 2.75) is 154 Å². The summed E-state index contributed by atoms with van der Waals surface area (Å²) < 4.78 is 23.3. The van der Waals surface area contributed by atoms with Gasteiger partial charge in [0.15, 0.2) is 0 Å². The molecule has 0 rings (SSSR count). The van der Waals surface area contributed by atoms with Crippen molar-refractivity contribution in [3.63, 3.8) is 0 Å². The van der Waals surface area contributed by atoms with Gasteiger partial charge in [-0.2, -0.15) is 0 Å². The highest BCUT2D eigenvalue weighted by Crippen LogP contribution is 2.43. The number of carbonyl (C=O) groups is 1. The summed E-state index contributed by atoms with van der Waals surface area (Å²) in [7, 11) is 1.39. The van der Waals surface area contributed by atoms with Crippen molar-refractivity contribution in [3.8, 4) is 0 Å². The SMILES string of the molecule is CC/C=C\C/C=C\C/C=C\CCCCCC(=O)NC(COP(=O)(O)OCC[N+](C)(C)C)C(O)C(O)CCC/C=C/CCCCCCCCC. The summed E-state index contributed by atoms with van der Waals surface area (Å²) in [6.45, 7) is 4.39. The lowest BCUT2D eigenvalue weighted by atomic mass is 10.0. The fraction of sp³-hybridized carbons (Fsp3) is 0.769. The number of amides is 1. The van der Waals surface area contributed by atoms with Gasteiger partial charge in [-0.05, 0) is 70.6 Å². The molecule has 4 unspecified atom stereocenters. The van der Waals surface area contributed by atoms with Gasteiger partial charge in [0.2, 0.25) is 5.91 Å². The minimum atomic E-state index is -4.42. The van der Waals surface area contributed by atoms with Crippen molar-refractivity contribution < 1.29 is 38.0 Å². The second-order valence-corrected chi connectivity index (χ2v) is 15.5. The van der Waals surface area contributed by atoms with Crippen LogP contribution < -0.4 is 5.32 Å². The third-order valence-corrected chi connectivity index (χ3v) is 9.14. The zero-order valence-corrected chi connectivity index (χ0v) is 32.7. The Labute approximate surface area is 300 Å². The monoisotopic (exact) mass is 714 g/mol. The molecule has 0 heterocycles. The molecule has 0 bridgehead atoms. The number of aliphatic hydroxyl groups is 2. The lowest BCUT2D eigenvalue weighted by molar-refractivity contribution is -0.870. The van der Waals surface area contributed by atoms with E-state index in [0.717, 1.165) is 51.4 Å². The van der Waals surface area contributed by atoms with Crippen LogP contribution in [0.5, 0.6) is 0 Å². The molecule has 49 heavy (non-hydrogen) atoms. The van der Waals surface area contributed by atoms with Crippen molar-refractivity contribution in [1.29, 1.82) is 0 Å². The summed E-state index contributed by atoms with van der Waals surface area (Å²) >= 11 is 0. The summed E-state index contributed by atoms with van der Waals surface area (Å²) in [5.41, 5.74) is 0. The Morgan fingerprint density at radius 3 is 1.88 bits per heavy atom. The lowest BCUT2D eigenvalue weighted by Gasteiger charge is -2.28. The lowest BCUT2D eigenvalue weighted by Crippen LogP contribution is -2.51. The molecular formula is C39H74N2O7P+. The molecule has 286 valence electrons. The molecule has 1 amide bonds. The van der Waals surface area contributed by atoms with Crippen LogP contribution in [0.1, 0.15) is 136 Å². The fourth-order valence-corrected chi connectivity index (χ4v) is 5.77. The van der Waals surface area contributed by atoms with Gasteiger partial charge in [0, 0.05) is 6.42 Å². The van der Waals surface area contributed by atoms with Crippen molar-refractivity contribution in [1.82, 2.24) is 5.32 Å². The Bertz CT molecular complexity index is 962. The zero-order valence-electron chi connectivity index (χ0n) is 31.8. The van der Waals surface area contributed by atoms with Crippen LogP contribution in [-0.2, 0) is 18.4 Å². The average molecular weight is 714 g/mol. The molecular weight excluding hydrogens is 639 g/mol. The summed E-state index contributed by atoms with van der Waals surface area (Å²) in [6, 6.07) is -1.06. The number of phosphoric acid groups is 1. The number of carbonyl (C=O) groups excluding carboxylic acids is 1. The van der Waals surface area contributed by atoms with Gasteiger partial charge < -0.3 is 24.9 Å². The predicted octanol–water partition coefficient (Wildman–Crippen LogP) is 8.71. The predicted molar refractivity (Wildman–Crippen MR) is 204 cm³/mol. The summed E-state index contributed by atoms with van der Waals surface area (Å²) in [4.78, 5) is 23.0. The smallest absolute Gasteiger partial charge is 0.390 e. The fourth-order valence-electron chi connectivity index (χ4n) is 5.04. The first-order valence-electron chi connectivity index (χ1n) is 19.1. The number of unbranched alkanes of at least 4 members (excludes halogenated alkanes) is 11. The molecule has 0 aliphatic rings. The standard InChI is InChI=1S/C39H73N2O7P/c1-6-8-10-12-14-16-18-20-22-24-26-28-30-32-38(43)40-36(35-48-49(45,46)47-34-33-41(3,4)5)39(44)37(42)31-29-27-25-23-21-19-17-15-13-11-9-7-2/h8,10,14,16,20,22-23,25,36-37,39,42,44H,6-7,9,11-13,15,17-19,21,24,26-35H2,1-5H3,(H-,40,43,45,46)/p+1/b10-8-,16-14-,22-20-,25-23+. The van der Waals surface area contributed by atoms with Crippen LogP contribution in [-0.4, -0.2) is 84.6 Å². The maximum Gasteiger partial charge on any atom is 0.472 e. The summed E-state index contributed by atoms with van der Waals surface area (Å²) in [5.74, 6) is -0.301. The molecule has 0 saturated heterocycles. The van der Waals surface area contributed by atoms with Crippen molar-refractivity contribution >= 4 is 13.7 Å². The number of nitrogens with one attached hydrogen (secondary N) is 1. The number of hydrogen-bond donors (Lipinski definition) is 4. The number of rotatable bonds is 33. The molecule has 0 aliphatic carbocycles. The van der Waals surface area contributed by atoms with Crippen LogP contribution in [0.15, 0.2) is 48.6 Å². The van der Waals surface area contributed by atoms with E-state index in [0.29, 0.717) is 30.3 Å². The van der Waals surface area contributed by atoms with E-state index in [-0.39, 0.29) is 18.9 Å². The highest BCUT2D eigenvalue weighted by molar-refractivity contribution is 7.47. The first kappa shape index (κ1) is 47.4. The molecule has 10 heteroatoms. The van der Waals surface area contributed by atoms with Crippen molar-refractivity contribution in [2.75, 3.05) is 40.9 Å². The molecule has 0 aromatic rings. The topological polar surface area (TPSA) is 125 Å². The molecule has 0 spiro atoms. The minimum absolute atomic E-state index is 0.00842. The third-order valence-electron chi connectivity index (χ3n) is 8.15. The second kappa shape index (κ2) is 31.2. The van der Waals surface area contributed by atoms with Gasteiger partial charge in [0.1, 0.15) is 19.3 Å². The van der Waals surface area contributed by atoms with E-state index in [1.807, 2.05) is 21.1 Å². The van der Waals surface area contributed by atoms with E-state index >= 15 is 0 Å². The number of nitrogens with zero attached hydrogens (tertiary/aromatic N) is 1. The number of hydrogen-bond acceptors (Lipinski definition) is 6. The maximum atomic E-state index is 12.8. The van der Waals surface area contributed by atoms with Crippen LogP contribution in [0.4, 0.5) is 0 Å². The van der Waals surface area contributed by atoms with Gasteiger partial charge in [0.25, 0.3) is 0 Å². The Morgan fingerprint density at radius 2 is 1.27 bits per heavy atom. The number of aliphatic hydroxyl groups excluding tert-OH is 2. The normalized spacial score (nSPS) is 15.8. The van der Waals surface area contributed by atoms with E-state index in [4.69, 9.17) is 9.05 Å². The van der Waals surface area contributed by atoms with E-state index < -0.39 is 32.7 Å². The molecule has 0 aromatic heterocycles. The third kappa shape index (κ3) is 32.1. The summed E-state index contributed by atoms with van der Waals surface area (Å²) in [5, 5.41) is 24.5. The molecule has 0 aromatic carbocycles. The molecule has 0 aliphatic heterocycles. The number of allylic oxidation sites excluding steroid dienone is 8. The first-order valence-corrected chi connectivity index (χ1v) is 20.6. The van der Waals surface area contributed by atoms with Gasteiger partial charge in [-0.1, -0.05) is 107 Å². The number of phosphoric ester groups is 1. The molecule has 4 N–H and O–H groups in total. The number of quaternary nitrogens is 1. The van der Waals surface area contributed by atoms with Gasteiger partial charge in [-0.25, -0.2) is 4.57 Å². The van der Waals surface area contributed by atoms with Crippen LogP contribution in [0.25, 0.3) is 0 Å². The average Bonchev–Trinajstić information content (AvgIpc) is 3.04. The minimum Gasteiger partial charge on any atom is -0.390 e. The number of likely N-dealkylation sites (N-methyl/N-ethyl adjacent to an activating group) is 1. The van der Waals surface area contributed by atoms with Crippen molar-refractivity contribution in [3.05, 3.63) is 48.6 Å². The Balaban J connectivity index is 4.74. The molecule has 4 atom stereocenters. The molecule has 0 fully saturated rings. The quantitative estimate of drug-likeness (QED) is 0.0232. The highest BCUT2D eigenvalue weighted by atomic mass is 31.2. The van der Waals surface area contributed by atoms with Crippen LogP contribution in [0.2, 0.25) is 0 Å². The van der Waals surface area contributed by atoms with Gasteiger partial charge >= 0.3 is 7.82 Å². The largest absolute Gasteiger partial charge is 0.472 e. The van der Waals surface area contributed by atoms with Crippen LogP contribution in [0, 0.1) is 0 Å². The van der Waals surface area contributed by atoms with Crippen molar-refractivity contribution in [2.24, 2.45) is 0 Å². The van der Waals surface area contributed by atoms with Crippen LogP contribution in [0.3, 0.4) is 0 Å². The summed E-state index contributed by atoms with van der Waals surface area (Å²) in [6.07, 6.45) is 33.2. The molecule has 0 radical (unpaired) electrons. The highest BCUT2D eigenvalue weighted by Gasteiger charge is 2.31.